The predicted octanol–water partition coefficient (Wildman–Crippen LogP) is 20.9. The number of anilines is 6. The lowest BCUT2D eigenvalue weighted by Crippen LogP contribution is -2.13. The van der Waals surface area contributed by atoms with Crippen molar-refractivity contribution < 1.29 is 8.78 Å². The highest BCUT2D eigenvalue weighted by molar-refractivity contribution is 6.28. The summed E-state index contributed by atoms with van der Waals surface area (Å²) >= 11 is 0. The first-order valence-corrected chi connectivity index (χ1v) is 26.2. The Morgan fingerprint density at radius 3 is 0.882 bits per heavy atom. The molecule has 4 heteroatoms. The molecule has 12 aromatic rings. The number of para-hydroxylation sites is 2. The van der Waals surface area contributed by atoms with Gasteiger partial charge in [0.05, 0.1) is 22.7 Å². The summed E-state index contributed by atoms with van der Waals surface area (Å²) in [6, 6.07) is 70.8. The molecule has 12 rings (SSSR count). The van der Waals surface area contributed by atoms with E-state index in [2.05, 4.69) is 187 Å². The lowest BCUT2D eigenvalue weighted by molar-refractivity contribution is 0.629. The number of aryl methyl sites for hydroxylation is 8. The molecule has 0 bridgehead atoms. The van der Waals surface area contributed by atoms with Crippen molar-refractivity contribution in [3.05, 3.63) is 262 Å². The summed E-state index contributed by atoms with van der Waals surface area (Å²) < 4.78 is 35.4. The van der Waals surface area contributed by atoms with Crippen LogP contribution in [0.3, 0.4) is 0 Å². The molecule has 0 aromatic heterocycles. The monoisotopic (exact) mass is 988 g/mol. The van der Waals surface area contributed by atoms with Gasteiger partial charge in [0.1, 0.15) is 11.6 Å². The van der Waals surface area contributed by atoms with Gasteiger partial charge >= 0.3 is 0 Å². The van der Waals surface area contributed by atoms with Crippen molar-refractivity contribution in [3.63, 3.8) is 0 Å². The molecule has 12 aromatic carbocycles. The van der Waals surface area contributed by atoms with Crippen LogP contribution in [0.1, 0.15) is 44.5 Å². The first-order valence-electron chi connectivity index (χ1n) is 26.2. The molecule has 0 unspecified atom stereocenters. The van der Waals surface area contributed by atoms with Gasteiger partial charge < -0.3 is 9.80 Å². The van der Waals surface area contributed by atoms with Gasteiger partial charge in [-0.3, -0.25) is 0 Å². The molecule has 0 amide bonds. The minimum Gasteiger partial charge on any atom is -0.307 e. The molecule has 0 saturated carbocycles. The third-order valence-corrected chi connectivity index (χ3v) is 16.1. The summed E-state index contributed by atoms with van der Waals surface area (Å²) in [4.78, 5) is 4.15. The minimum absolute atomic E-state index is 0.332. The molecular formula is C72H58F2N2. The summed E-state index contributed by atoms with van der Waals surface area (Å²) in [6.45, 7) is 16.9. The van der Waals surface area contributed by atoms with Crippen LogP contribution in [0.2, 0.25) is 0 Å². The van der Waals surface area contributed by atoms with Gasteiger partial charge in [-0.25, -0.2) is 8.78 Å². The van der Waals surface area contributed by atoms with Crippen molar-refractivity contribution in [2.24, 2.45) is 0 Å². The van der Waals surface area contributed by atoms with Gasteiger partial charge in [-0.05, 0) is 227 Å². The lowest BCUT2D eigenvalue weighted by atomic mass is 9.89. The fourth-order valence-corrected chi connectivity index (χ4v) is 11.2. The summed E-state index contributed by atoms with van der Waals surface area (Å²) in [5, 5.41) is 6.13. The molecule has 0 fully saturated rings. The van der Waals surface area contributed by atoms with Crippen LogP contribution in [0, 0.1) is 67.0 Å². The number of nitrogens with zero attached hydrogens (tertiary/aromatic N) is 2. The van der Waals surface area contributed by atoms with Gasteiger partial charge in [0.2, 0.25) is 0 Å². The van der Waals surface area contributed by atoms with E-state index in [-0.39, 0.29) is 11.6 Å². The molecule has 0 atom stereocenters. The van der Waals surface area contributed by atoms with E-state index >= 15 is 8.78 Å². The molecule has 0 aliphatic heterocycles. The molecule has 0 spiro atoms. The summed E-state index contributed by atoms with van der Waals surface area (Å²) in [5.74, 6) is -0.663. The van der Waals surface area contributed by atoms with Crippen LogP contribution in [0.25, 0.3) is 76.8 Å². The van der Waals surface area contributed by atoms with Gasteiger partial charge in [0, 0.05) is 22.1 Å². The van der Waals surface area contributed by atoms with Gasteiger partial charge in [0.15, 0.2) is 0 Å². The Morgan fingerprint density at radius 1 is 0.263 bits per heavy atom. The third kappa shape index (κ3) is 8.35. The van der Waals surface area contributed by atoms with Crippen molar-refractivity contribution in [1.29, 1.82) is 0 Å². The second-order valence-electron chi connectivity index (χ2n) is 20.8. The largest absolute Gasteiger partial charge is 0.307 e. The number of hydrogen-bond donors (Lipinski definition) is 0. The summed E-state index contributed by atoms with van der Waals surface area (Å²) in [5.41, 5.74) is 21.2. The number of rotatable bonds is 10. The second-order valence-corrected chi connectivity index (χ2v) is 20.8. The number of benzene rings is 12. The van der Waals surface area contributed by atoms with Crippen molar-refractivity contribution >= 4 is 66.4 Å². The van der Waals surface area contributed by atoms with Crippen LogP contribution in [-0.4, -0.2) is 0 Å². The Balaban J connectivity index is 1.09. The molecule has 0 N–H and O–H groups in total. The predicted molar refractivity (Wildman–Crippen MR) is 319 cm³/mol. The molecule has 76 heavy (non-hydrogen) atoms. The van der Waals surface area contributed by atoms with Crippen LogP contribution in [-0.2, 0) is 0 Å². The highest BCUT2D eigenvalue weighted by atomic mass is 19.1. The topological polar surface area (TPSA) is 6.48 Å². The normalized spacial score (nSPS) is 11.6. The zero-order valence-electron chi connectivity index (χ0n) is 44.3. The van der Waals surface area contributed by atoms with E-state index in [1.54, 1.807) is 12.1 Å². The van der Waals surface area contributed by atoms with Crippen molar-refractivity contribution in [2.75, 3.05) is 9.80 Å². The highest BCUT2D eigenvalue weighted by Crippen LogP contribution is 2.50. The Kier molecular flexibility index (Phi) is 12.1. The van der Waals surface area contributed by atoms with E-state index in [9.17, 15) is 0 Å². The van der Waals surface area contributed by atoms with E-state index in [4.69, 9.17) is 0 Å². The molecule has 0 radical (unpaired) electrons. The number of halogens is 2. The summed E-state index contributed by atoms with van der Waals surface area (Å²) in [7, 11) is 0. The first-order chi connectivity index (χ1) is 36.8. The Labute approximate surface area is 445 Å². The molecule has 0 saturated heterocycles. The molecule has 0 aliphatic carbocycles. The standard InChI is InChI=1S/C72H58F2N2/c1-43-19-23-53(35-47(43)5)61-39-65(73)69(41-63(61)55-25-21-45(3)49(7)37-55)75(57-15-11-9-12-16-57)67-33-29-51-28-32-60-68(34-30-52-27-31-59(67)71(51)72(52)60)76(58-17-13-10-14-18-58)70-42-64(56-26-22-46(4)50(8)38-56)62(40-66(70)74)54-24-20-44(2)48(6)36-54/h9-42H,1-8H3. The lowest BCUT2D eigenvalue weighted by Gasteiger charge is -2.30. The smallest absolute Gasteiger partial charge is 0.147 e. The maximum atomic E-state index is 17.7. The van der Waals surface area contributed by atoms with Gasteiger partial charge in [0.25, 0.3) is 0 Å². The number of hydrogen-bond acceptors (Lipinski definition) is 2. The van der Waals surface area contributed by atoms with E-state index in [0.29, 0.717) is 11.4 Å². The van der Waals surface area contributed by atoms with E-state index in [1.807, 2.05) is 72.8 Å². The zero-order valence-corrected chi connectivity index (χ0v) is 44.3. The van der Waals surface area contributed by atoms with Crippen LogP contribution < -0.4 is 9.80 Å². The van der Waals surface area contributed by atoms with Gasteiger partial charge in [-0.2, -0.15) is 0 Å². The average Bonchev–Trinajstić information content (AvgIpc) is 3.46. The van der Waals surface area contributed by atoms with Crippen molar-refractivity contribution in [2.45, 2.75) is 55.4 Å². The van der Waals surface area contributed by atoms with Crippen molar-refractivity contribution in [1.82, 2.24) is 0 Å². The van der Waals surface area contributed by atoms with Gasteiger partial charge in [-0.1, -0.05) is 146 Å². The van der Waals surface area contributed by atoms with Crippen molar-refractivity contribution in [3.8, 4) is 44.5 Å². The van der Waals surface area contributed by atoms with E-state index in [1.165, 1.54) is 33.4 Å². The minimum atomic E-state index is -0.332. The molecule has 0 aliphatic rings. The van der Waals surface area contributed by atoms with Crippen LogP contribution in [0.4, 0.5) is 42.9 Å². The highest BCUT2D eigenvalue weighted by Gasteiger charge is 2.27. The molecular weight excluding hydrogens is 931 g/mol. The molecule has 370 valence electrons. The maximum Gasteiger partial charge on any atom is 0.147 e. The van der Waals surface area contributed by atoms with E-state index < -0.39 is 0 Å². The van der Waals surface area contributed by atoms with E-state index in [0.717, 1.165) is 111 Å². The Bertz CT molecular complexity index is 3960. The summed E-state index contributed by atoms with van der Waals surface area (Å²) in [6.07, 6.45) is 0. The average molecular weight is 989 g/mol. The first kappa shape index (κ1) is 48.1. The Morgan fingerprint density at radius 2 is 0.566 bits per heavy atom. The Hall–Kier alpha value is -8.86. The van der Waals surface area contributed by atoms with Crippen LogP contribution in [0.5, 0.6) is 0 Å². The zero-order chi connectivity index (χ0) is 52.5. The molecule has 2 nitrogen and oxygen atoms in total. The second kappa shape index (κ2) is 19.1. The maximum absolute atomic E-state index is 17.7. The van der Waals surface area contributed by atoms with Crippen LogP contribution in [0.15, 0.2) is 206 Å². The quantitative estimate of drug-likeness (QED) is 0.126. The third-order valence-electron chi connectivity index (χ3n) is 16.1. The fraction of sp³-hybridized carbons (Fsp3) is 0.111. The molecule has 0 heterocycles. The van der Waals surface area contributed by atoms with Gasteiger partial charge in [-0.15, -0.1) is 0 Å². The fourth-order valence-electron chi connectivity index (χ4n) is 11.2. The van der Waals surface area contributed by atoms with Crippen LogP contribution >= 0.6 is 0 Å². The SMILES string of the molecule is Cc1ccc(-c2cc(F)c(N(c3ccccc3)c3ccc4ccc5c(N(c6ccccc6)c6cc(-c7ccc(C)c(C)c7)c(-c7ccc(C)c(C)c7)cc6F)ccc6ccc3c4c65)cc2-c2ccc(C)c(C)c2)cc1C.